The molecule has 0 aliphatic heterocycles. The molecular formula is C22H16Cl2O5. The van der Waals surface area contributed by atoms with Crippen molar-refractivity contribution in [3.63, 3.8) is 0 Å². The summed E-state index contributed by atoms with van der Waals surface area (Å²) in [5.41, 5.74) is 2.31. The molecule has 0 bridgehead atoms. The van der Waals surface area contributed by atoms with Crippen molar-refractivity contribution in [1.29, 1.82) is 0 Å². The highest BCUT2D eigenvalue weighted by Gasteiger charge is 2.16. The summed E-state index contributed by atoms with van der Waals surface area (Å²) in [4.78, 5) is 22.4. The number of carbonyl (C=O) groups is 2. The Labute approximate surface area is 177 Å². The van der Waals surface area contributed by atoms with E-state index in [-0.39, 0.29) is 24.2 Å². The molecular weight excluding hydrogens is 415 g/mol. The molecule has 0 aliphatic rings. The highest BCUT2D eigenvalue weighted by molar-refractivity contribution is 6.37. The second kappa shape index (κ2) is 8.99. The summed E-state index contributed by atoms with van der Waals surface area (Å²) >= 11 is 12.8. The Bertz CT molecular complexity index is 1060. The summed E-state index contributed by atoms with van der Waals surface area (Å²) in [7, 11) is 0. The van der Waals surface area contributed by atoms with Gasteiger partial charge in [0.05, 0.1) is 16.1 Å². The van der Waals surface area contributed by atoms with Crippen LogP contribution in [0.25, 0.3) is 0 Å². The van der Waals surface area contributed by atoms with Crippen molar-refractivity contribution >= 4 is 35.1 Å². The zero-order valence-electron chi connectivity index (χ0n) is 15.1. The molecule has 0 heterocycles. The number of hydrogen-bond donors (Lipinski definition) is 2. The van der Waals surface area contributed by atoms with Gasteiger partial charge in [0.15, 0.2) is 0 Å². The molecule has 29 heavy (non-hydrogen) atoms. The molecule has 0 spiro atoms. The summed E-state index contributed by atoms with van der Waals surface area (Å²) in [6, 6.07) is 16.3. The quantitative estimate of drug-likeness (QED) is 0.512. The summed E-state index contributed by atoms with van der Waals surface area (Å²) < 4.78 is 5.78. The number of aromatic carboxylic acids is 2. The van der Waals surface area contributed by atoms with E-state index in [1.807, 2.05) is 0 Å². The van der Waals surface area contributed by atoms with Gasteiger partial charge < -0.3 is 14.9 Å². The van der Waals surface area contributed by atoms with Crippen LogP contribution < -0.4 is 4.74 Å². The molecule has 7 heteroatoms. The van der Waals surface area contributed by atoms with Crippen molar-refractivity contribution in [2.45, 2.75) is 13.0 Å². The van der Waals surface area contributed by atoms with Crippen LogP contribution in [0.1, 0.15) is 37.4 Å². The van der Waals surface area contributed by atoms with Crippen LogP contribution in [0.3, 0.4) is 0 Å². The molecule has 0 atom stereocenters. The molecule has 3 aromatic rings. The normalized spacial score (nSPS) is 10.6. The van der Waals surface area contributed by atoms with Gasteiger partial charge in [-0.1, -0.05) is 53.5 Å². The topological polar surface area (TPSA) is 83.8 Å². The average molecular weight is 431 g/mol. The fourth-order valence-corrected chi connectivity index (χ4v) is 3.39. The molecule has 148 valence electrons. The number of halogens is 2. The van der Waals surface area contributed by atoms with Crippen molar-refractivity contribution in [3.8, 4) is 5.75 Å². The van der Waals surface area contributed by atoms with Gasteiger partial charge in [-0.3, -0.25) is 0 Å². The van der Waals surface area contributed by atoms with Gasteiger partial charge in [-0.25, -0.2) is 9.59 Å². The van der Waals surface area contributed by atoms with Crippen molar-refractivity contribution in [2.24, 2.45) is 0 Å². The van der Waals surface area contributed by atoms with E-state index in [0.29, 0.717) is 26.9 Å². The zero-order chi connectivity index (χ0) is 21.0. The second-order valence-corrected chi connectivity index (χ2v) is 7.05. The van der Waals surface area contributed by atoms with Crippen molar-refractivity contribution < 1.29 is 24.5 Å². The maximum atomic E-state index is 11.4. The van der Waals surface area contributed by atoms with Crippen molar-refractivity contribution in [3.05, 3.63) is 98.5 Å². The van der Waals surface area contributed by atoms with E-state index in [1.54, 1.807) is 42.5 Å². The lowest BCUT2D eigenvalue weighted by Gasteiger charge is -2.14. The smallest absolute Gasteiger partial charge is 0.335 e. The predicted octanol–water partition coefficient (Wildman–Crippen LogP) is 5.56. The van der Waals surface area contributed by atoms with Crippen LogP contribution in [0, 0.1) is 0 Å². The molecule has 0 aromatic heterocycles. The van der Waals surface area contributed by atoms with E-state index in [0.717, 1.165) is 5.56 Å². The first-order valence-electron chi connectivity index (χ1n) is 8.60. The lowest BCUT2D eigenvalue weighted by atomic mass is 9.99. The van der Waals surface area contributed by atoms with Crippen LogP contribution in [-0.4, -0.2) is 22.2 Å². The molecule has 0 aliphatic carbocycles. The lowest BCUT2D eigenvalue weighted by Crippen LogP contribution is -2.04. The first-order valence-corrected chi connectivity index (χ1v) is 9.35. The molecule has 5 nitrogen and oxygen atoms in total. The minimum absolute atomic E-state index is 0.185. The van der Waals surface area contributed by atoms with E-state index >= 15 is 0 Å². The van der Waals surface area contributed by atoms with E-state index in [1.165, 1.54) is 18.2 Å². The first kappa shape index (κ1) is 20.7. The Morgan fingerprint density at radius 2 is 1.55 bits per heavy atom. The Balaban J connectivity index is 1.82. The molecule has 3 aromatic carbocycles. The Morgan fingerprint density at radius 3 is 2.21 bits per heavy atom. The number of ether oxygens (including phenoxy) is 1. The Kier molecular flexibility index (Phi) is 6.42. The van der Waals surface area contributed by atoms with Crippen LogP contribution in [0.15, 0.2) is 60.7 Å². The Morgan fingerprint density at radius 1 is 0.862 bits per heavy atom. The molecule has 0 amide bonds. The number of benzene rings is 3. The van der Waals surface area contributed by atoms with Gasteiger partial charge in [0.25, 0.3) is 0 Å². The summed E-state index contributed by atoms with van der Waals surface area (Å²) in [5, 5.41) is 19.0. The van der Waals surface area contributed by atoms with E-state index in [4.69, 9.17) is 33.0 Å². The SMILES string of the molecule is O=C(O)c1ccc(COc2ccc(Cl)c(Cc3ccccc3C(=O)O)c2Cl)cc1. The maximum Gasteiger partial charge on any atom is 0.335 e. The summed E-state index contributed by atoms with van der Waals surface area (Å²) in [6.07, 6.45) is 0.241. The van der Waals surface area contributed by atoms with E-state index in [2.05, 4.69) is 0 Å². The van der Waals surface area contributed by atoms with Crippen LogP contribution in [-0.2, 0) is 13.0 Å². The third-order valence-electron chi connectivity index (χ3n) is 4.36. The van der Waals surface area contributed by atoms with Crippen molar-refractivity contribution in [2.75, 3.05) is 0 Å². The number of hydrogen-bond acceptors (Lipinski definition) is 3. The minimum atomic E-state index is -1.02. The van der Waals surface area contributed by atoms with E-state index < -0.39 is 11.9 Å². The molecule has 0 radical (unpaired) electrons. The van der Waals surface area contributed by atoms with Crippen molar-refractivity contribution in [1.82, 2.24) is 0 Å². The molecule has 0 saturated carbocycles. The lowest BCUT2D eigenvalue weighted by molar-refractivity contribution is 0.0685. The number of carboxylic acids is 2. The minimum Gasteiger partial charge on any atom is -0.487 e. The highest BCUT2D eigenvalue weighted by atomic mass is 35.5. The molecule has 0 fully saturated rings. The van der Waals surface area contributed by atoms with Crippen LogP contribution in [0.2, 0.25) is 10.0 Å². The van der Waals surface area contributed by atoms with Crippen LogP contribution >= 0.6 is 23.2 Å². The highest BCUT2D eigenvalue weighted by Crippen LogP contribution is 2.35. The molecule has 0 saturated heterocycles. The fraction of sp³-hybridized carbons (Fsp3) is 0.0909. The number of carboxylic acid groups (broad SMARTS) is 2. The molecule has 3 rings (SSSR count). The zero-order valence-corrected chi connectivity index (χ0v) is 16.6. The second-order valence-electron chi connectivity index (χ2n) is 6.27. The number of rotatable bonds is 7. The maximum absolute atomic E-state index is 11.4. The summed E-state index contributed by atoms with van der Waals surface area (Å²) in [6.45, 7) is 0.187. The van der Waals surface area contributed by atoms with Gasteiger partial charge in [0, 0.05) is 11.4 Å². The van der Waals surface area contributed by atoms with Crippen LogP contribution in [0.5, 0.6) is 5.75 Å². The van der Waals surface area contributed by atoms with Gasteiger partial charge in [-0.15, -0.1) is 0 Å². The monoisotopic (exact) mass is 430 g/mol. The van der Waals surface area contributed by atoms with Gasteiger partial charge in [0.2, 0.25) is 0 Å². The standard InChI is InChI=1S/C22H16Cl2O5/c23-18-9-10-19(29-12-13-5-7-14(8-6-13)21(25)26)20(24)17(18)11-15-3-1-2-4-16(15)22(27)28/h1-10H,11-12H2,(H,25,26)(H,27,28). The van der Waals surface area contributed by atoms with Gasteiger partial charge in [-0.05, 0) is 47.0 Å². The molecule has 2 N–H and O–H groups in total. The molecule has 0 unspecified atom stereocenters. The van der Waals surface area contributed by atoms with Crippen LogP contribution in [0.4, 0.5) is 0 Å². The van der Waals surface area contributed by atoms with Gasteiger partial charge in [-0.2, -0.15) is 0 Å². The Hall–Kier alpha value is -3.02. The fourth-order valence-electron chi connectivity index (χ4n) is 2.83. The predicted molar refractivity (Wildman–Crippen MR) is 110 cm³/mol. The average Bonchev–Trinajstić information content (AvgIpc) is 2.71. The van der Waals surface area contributed by atoms with Gasteiger partial charge >= 0.3 is 11.9 Å². The van der Waals surface area contributed by atoms with Gasteiger partial charge in [0.1, 0.15) is 12.4 Å². The first-order chi connectivity index (χ1) is 13.9. The largest absolute Gasteiger partial charge is 0.487 e. The summed E-state index contributed by atoms with van der Waals surface area (Å²) in [5.74, 6) is -1.62. The third kappa shape index (κ3) is 4.88. The third-order valence-corrected chi connectivity index (χ3v) is 5.13. The van der Waals surface area contributed by atoms with E-state index in [9.17, 15) is 14.7 Å².